The molecule has 0 bridgehead atoms. The van der Waals surface area contributed by atoms with Gasteiger partial charge in [0.2, 0.25) is 5.91 Å². The molecule has 5 heteroatoms. The molecule has 0 saturated carbocycles. The third-order valence-corrected chi connectivity index (χ3v) is 4.14. The van der Waals surface area contributed by atoms with E-state index in [9.17, 15) is 9.18 Å². The summed E-state index contributed by atoms with van der Waals surface area (Å²) in [6, 6.07) is 6.38. The Morgan fingerprint density at radius 1 is 1.32 bits per heavy atom. The number of amides is 1. The van der Waals surface area contributed by atoms with Gasteiger partial charge in [-0.2, -0.15) is 0 Å². The van der Waals surface area contributed by atoms with Crippen molar-refractivity contribution < 1.29 is 13.9 Å². The molecule has 1 aromatic carbocycles. The second-order valence-corrected chi connectivity index (χ2v) is 5.76. The molecule has 22 heavy (non-hydrogen) atoms. The van der Waals surface area contributed by atoms with Crippen molar-refractivity contribution in [1.82, 2.24) is 10.2 Å². The van der Waals surface area contributed by atoms with Crippen LogP contribution >= 0.6 is 0 Å². The summed E-state index contributed by atoms with van der Waals surface area (Å²) in [5.74, 6) is 0.155. The molecule has 2 rings (SSSR count). The monoisotopic (exact) mass is 308 g/mol. The minimum absolute atomic E-state index is 0.150. The van der Waals surface area contributed by atoms with Crippen molar-refractivity contribution in [3.8, 4) is 0 Å². The predicted octanol–water partition coefficient (Wildman–Crippen LogP) is 2.16. The second-order valence-electron chi connectivity index (χ2n) is 5.76. The topological polar surface area (TPSA) is 41.6 Å². The van der Waals surface area contributed by atoms with Crippen LogP contribution in [-0.4, -0.2) is 49.7 Å². The van der Waals surface area contributed by atoms with Crippen LogP contribution in [0.4, 0.5) is 4.39 Å². The Morgan fingerprint density at radius 3 is 2.55 bits per heavy atom. The number of carbonyl (C=O) groups excluding carboxylic acids is 1. The van der Waals surface area contributed by atoms with E-state index in [0.717, 1.165) is 12.0 Å². The van der Waals surface area contributed by atoms with Crippen LogP contribution in [0.1, 0.15) is 31.7 Å². The third kappa shape index (κ3) is 4.52. The van der Waals surface area contributed by atoms with Gasteiger partial charge in [0.05, 0.1) is 19.3 Å². The molecule has 1 heterocycles. The van der Waals surface area contributed by atoms with E-state index in [-0.39, 0.29) is 23.7 Å². The molecule has 1 amide bonds. The molecule has 2 unspecified atom stereocenters. The number of nitrogens with one attached hydrogen (secondary N) is 1. The Morgan fingerprint density at radius 2 is 1.95 bits per heavy atom. The number of nitrogens with zero attached hydrogens (tertiary/aromatic N) is 1. The average Bonchev–Trinajstić information content (AvgIpc) is 2.56. The van der Waals surface area contributed by atoms with Crippen LogP contribution in [0.15, 0.2) is 24.3 Å². The van der Waals surface area contributed by atoms with Gasteiger partial charge in [0.25, 0.3) is 0 Å². The SMILES string of the molecule is CCC(NCC(C)c1ccc(F)cc1)C(=O)N1CCOCC1. The van der Waals surface area contributed by atoms with Crippen molar-refractivity contribution in [2.45, 2.75) is 32.2 Å². The second kappa shape index (κ2) is 8.25. The molecule has 1 aliphatic heterocycles. The summed E-state index contributed by atoms with van der Waals surface area (Å²) in [6.45, 7) is 7.36. The van der Waals surface area contributed by atoms with Crippen LogP contribution in [0.5, 0.6) is 0 Å². The number of benzene rings is 1. The summed E-state index contributed by atoms with van der Waals surface area (Å²) < 4.78 is 18.2. The highest BCUT2D eigenvalue weighted by molar-refractivity contribution is 5.81. The maximum atomic E-state index is 13.0. The molecule has 1 saturated heterocycles. The van der Waals surface area contributed by atoms with Gasteiger partial charge in [-0.1, -0.05) is 26.0 Å². The Balaban J connectivity index is 1.87. The minimum Gasteiger partial charge on any atom is -0.378 e. The molecular formula is C17H25FN2O2. The molecule has 1 fully saturated rings. The van der Waals surface area contributed by atoms with Crippen LogP contribution in [0, 0.1) is 5.82 Å². The summed E-state index contributed by atoms with van der Waals surface area (Å²) in [4.78, 5) is 14.3. The van der Waals surface area contributed by atoms with Gasteiger partial charge in [0.1, 0.15) is 5.82 Å². The van der Waals surface area contributed by atoms with Crippen molar-refractivity contribution in [3.05, 3.63) is 35.6 Å². The molecule has 1 N–H and O–H groups in total. The molecule has 1 aliphatic rings. The van der Waals surface area contributed by atoms with Gasteiger partial charge in [-0.05, 0) is 30.0 Å². The van der Waals surface area contributed by atoms with E-state index in [1.165, 1.54) is 12.1 Å². The highest BCUT2D eigenvalue weighted by Gasteiger charge is 2.24. The van der Waals surface area contributed by atoms with Gasteiger partial charge >= 0.3 is 0 Å². The molecule has 122 valence electrons. The highest BCUT2D eigenvalue weighted by atomic mass is 19.1. The van der Waals surface area contributed by atoms with E-state index in [1.54, 1.807) is 12.1 Å². The van der Waals surface area contributed by atoms with Crippen molar-refractivity contribution in [3.63, 3.8) is 0 Å². The van der Waals surface area contributed by atoms with Crippen LogP contribution < -0.4 is 5.32 Å². The van der Waals surface area contributed by atoms with E-state index < -0.39 is 0 Å². The summed E-state index contributed by atoms with van der Waals surface area (Å²) >= 11 is 0. The average molecular weight is 308 g/mol. The number of hydrogen-bond acceptors (Lipinski definition) is 3. The smallest absolute Gasteiger partial charge is 0.239 e. The molecule has 1 aromatic rings. The maximum absolute atomic E-state index is 13.0. The van der Waals surface area contributed by atoms with E-state index >= 15 is 0 Å². The number of halogens is 1. The first-order chi connectivity index (χ1) is 10.6. The number of hydrogen-bond donors (Lipinski definition) is 1. The summed E-state index contributed by atoms with van der Waals surface area (Å²) in [6.07, 6.45) is 0.756. The van der Waals surface area contributed by atoms with Gasteiger partial charge in [0, 0.05) is 19.6 Å². The summed E-state index contributed by atoms with van der Waals surface area (Å²) in [7, 11) is 0. The Kier molecular flexibility index (Phi) is 6.34. The zero-order valence-corrected chi connectivity index (χ0v) is 13.3. The first kappa shape index (κ1) is 16.9. The Hall–Kier alpha value is -1.46. The van der Waals surface area contributed by atoms with Crippen molar-refractivity contribution in [2.75, 3.05) is 32.8 Å². The zero-order chi connectivity index (χ0) is 15.9. The molecule has 0 radical (unpaired) electrons. The van der Waals surface area contributed by atoms with Crippen molar-refractivity contribution in [1.29, 1.82) is 0 Å². The van der Waals surface area contributed by atoms with E-state index in [2.05, 4.69) is 12.2 Å². The fourth-order valence-electron chi connectivity index (χ4n) is 2.64. The normalized spacial score (nSPS) is 18.0. The standard InChI is InChI=1S/C17H25FN2O2/c1-3-16(17(21)20-8-10-22-11-9-20)19-12-13(2)14-4-6-15(18)7-5-14/h4-7,13,16,19H,3,8-12H2,1-2H3. The maximum Gasteiger partial charge on any atom is 0.239 e. The number of morpholine rings is 1. The van der Waals surface area contributed by atoms with Gasteiger partial charge < -0.3 is 15.0 Å². The van der Waals surface area contributed by atoms with Crippen molar-refractivity contribution >= 4 is 5.91 Å². The Labute approximate surface area is 131 Å². The van der Waals surface area contributed by atoms with Crippen LogP contribution in [0.25, 0.3) is 0 Å². The fourth-order valence-corrected chi connectivity index (χ4v) is 2.64. The fraction of sp³-hybridized carbons (Fsp3) is 0.588. The van der Waals surface area contributed by atoms with Gasteiger partial charge in [-0.3, -0.25) is 4.79 Å². The molecule has 0 aromatic heterocycles. The van der Waals surface area contributed by atoms with Gasteiger partial charge in [0.15, 0.2) is 0 Å². The third-order valence-electron chi connectivity index (χ3n) is 4.14. The van der Waals surface area contributed by atoms with Gasteiger partial charge in [-0.15, -0.1) is 0 Å². The van der Waals surface area contributed by atoms with Crippen molar-refractivity contribution in [2.24, 2.45) is 0 Å². The lowest BCUT2D eigenvalue weighted by Crippen LogP contribution is -2.50. The highest BCUT2D eigenvalue weighted by Crippen LogP contribution is 2.15. The lowest BCUT2D eigenvalue weighted by Gasteiger charge is -2.31. The Bertz CT molecular complexity index is 472. The zero-order valence-electron chi connectivity index (χ0n) is 13.3. The molecule has 0 spiro atoms. The first-order valence-electron chi connectivity index (χ1n) is 7.97. The lowest BCUT2D eigenvalue weighted by molar-refractivity contribution is -0.137. The number of ether oxygens (including phenoxy) is 1. The molecule has 2 atom stereocenters. The predicted molar refractivity (Wildman–Crippen MR) is 84.3 cm³/mol. The number of rotatable bonds is 6. The summed E-state index contributed by atoms with van der Waals surface area (Å²) in [5, 5.41) is 3.35. The van der Waals surface area contributed by atoms with Crippen LogP contribution in [-0.2, 0) is 9.53 Å². The van der Waals surface area contributed by atoms with E-state index in [4.69, 9.17) is 4.74 Å². The lowest BCUT2D eigenvalue weighted by atomic mass is 10.0. The number of carbonyl (C=O) groups is 1. The van der Waals surface area contributed by atoms with E-state index in [1.807, 2.05) is 11.8 Å². The minimum atomic E-state index is -0.224. The largest absolute Gasteiger partial charge is 0.378 e. The van der Waals surface area contributed by atoms with E-state index in [0.29, 0.717) is 32.8 Å². The van der Waals surface area contributed by atoms with Crippen LogP contribution in [0.3, 0.4) is 0 Å². The quantitative estimate of drug-likeness (QED) is 0.875. The molecule has 4 nitrogen and oxygen atoms in total. The van der Waals surface area contributed by atoms with Gasteiger partial charge in [-0.25, -0.2) is 4.39 Å². The molecular weight excluding hydrogens is 283 g/mol. The first-order valence-corrected chi connectivity index (χ1v) is 7.97. The summed E-state index contributed by atoms with van der Waals surface area (Å²) in [5.41, 5.74) is 1.07. The van der Waals surface area contributed by atoms with Crippen LogP contribution in [0.2, 0.25) is 0 Å². The molecule has 0 aliphatic carbocycles.